The van der Waals surface area contributed by atoms with Gasteiger partial charge in [0.2, 0.25) is 0 Å². The maximum atomic E-state index is 13.6. The molecule has 4 rings (SSSR count). The highest BCUT2D eigenvalue weighted by molar-refractivity contribution is 5.90. The van der Waals surface area contributed by atoms with Crippen molar-refractivity contribution in [3.8, 4) is 0 Å². The van der Waals surface area contributed by atoms with Gasteiger partial charge in [-0.3, -0.25) is 14.4 Å². The summed E-state index contributed by atoms with van der Waals surface area (Å²) in [6, 6.07) is -1.17. The van der Waals surface area contributed by atoms with Crippen LogP contribution in [0.4, 0.5) is 0 Å². The van der Waals surface area contributed by atoms with Crippen molar-refractivity contribution in [3.63, 3.8) is 0 Å². The predicted molar refractivity (Wildman–Crippen MR) is 134 cm³/mol. The van der Waals surface area contributed by atoms with Crippen LogP contribution in [-0.4, -0.2) is 67.6 Å². The minimum absolute atomic E-state index is 0.0293. The van der Waals surface area contributed by atoms with E-state index in [2.05, 4.69) is 13.8 Å². The highest BCUT2D eigenvalue weighted by atomic mass is 16.4. The number of carboxylic acid groups (broad SMARTS) is 2. The third-order valence-corrected chi connectivity index (χ3v) is 11.6. The first kappa shape index (κ1) is 28.5. The first-order valence-corrected chi connectivity index (χ1v) is 14.0. The number of rotatable bonds is 8. The van der Waals surface area contributed by atoms with Crippen molar-refractivity contribution in [2.45, 2.75) is 103 Å². The van der Waals surface area contributed by atoms with E-state index in [1.807, 2.05) is 6.92 Å². The lowest BCUT2D eigenvalue weighted by atomic mass is 9.40. The minimum Gasteiger partial charge on any atom is -0.481 e. The van der Waals surface area contributed by atoms with Crippen molar-refractivity contribution in [3.05, 3.63) is 0 Å². The lowest BCUT2D eigenvalue weighted by Crippen LogP contribution is -2.65. The van der Waals surface area contributed by atoms with E-state index in [-0.39, 0.29) is 54.1 Å². The zero-order valence-electron chi connectivity index (χ0n) is 22.3. The molecule has 0 aromatic carbocycles. The molecule has 0 bridgehead atoms. The largest absolute Gasteiger partial charge is 0.481 e. The average Bonchev–Trinajstić information content (AvgIpc) is 3.16. The van der Waals surface area contributed by atoms with Gasteiger partial charge in [-0.05, 0) is 91.3 Å². The Bertz CT molecular complexity index is 911. The molecule has 4 aliphatic carbocycles. The Morgan fingerprint density at radius 1 is 0.919 bits per heavy atom. The van der Waals surface area contributed by atoms with Crippen molar-refractivity contribution in [1.82, 2.24) is 0 Å². The number of hydrogen-bond donors (Lipinski definition) is 6. The van der Waals surface area contributed by atoms with Gasteiger partial charge >= 0.3 is 11.9 Å². The van der Waals surface area contributed by atoms with E-state index in [0.717, 1.165) is 12.8 Å². The topological polar surface area (TPSA) is 178 Å². The summed E-state index contributed by atoms with van der Waals surface area (Å²) >= 11 is 0. The van der Waals surface area contributed by atoms with Gasteiger partial charge in [-0.15, -0.1) is 0 Å². The number of aliphatic carboxylic acids is 2. The lowest BCUT2D eigenvalue weighted by molar-refractivity contribution is -0.221. The summed E-state index contributed by atoms with van der Waals surface area (Å²) in [6.07, 6.45) is 1.37. The number of aliphatic hydroxyl groups excluding tert-OH is 3. The van der Waals surface area contributed by atoms with Gasteiger partial charge in [0.1, 0.15) is 0 Å². The van der Waals surface area contributed by atoms with Crippen LogP contribution in [0.15, 0.2) is 0 Å². The van der Waals surface area contributed by atoms with Crippen LogP contribution in [0.5, 0.6) is 0 Å². The molecule has 7 N–H and O–H groups in total. The standard InChI is InChI=1S/C28H45NO8/c1-13(4-7-23(33)34)16-5-6-17-25-18(11-22(32)28(16,17)3)27(2)14(9-21(25)31)8-15(30)10-19(27)26(37)20(29)12-24(35)36/h13-22,25,30-32H,4-12,29H2,1-3H3,(H,33,34)(H,35,36)/t13-,14+,15+,16-,17+,18+,19?,20+,21-,22+,25+,27+,28-/m1/s1. The smallest absolute Gasteiger partial charge is 0.305 e. The molecule has 0 spiro atoms. The molecule has 9 nitrogen and oxygen atoms in total. The summed E-state index contributed by atoms with van der Waals surface area (Å²) in [6.45, 7) is 6.21. The number of nitrogens with two attached hydrogens (primary N) is 1. The molecule has 0 heterocycles. The summed E-state index contributed by atoms with van der Waals surface area (Å²) in [4.78, 5) is 36.0. The van der Waals surface area contributed by atoms with Gasteiger partial charge < -0.3 is 31.3 Å². The Labute approximate surface area is 218 Å². The Morgan fingerprint density at radius 2 is 1.59 bits per heavy atom. The van der Waals surface area contributed by atoms with Gasteiger partial charge in [0.15, 0.2) is 5.78 Å². The molecule has 0 aromatic heterocycles. The Hall–Kier alpha value is -1.55. The van der Waals surface area contributed by atoms with Gasteiger partial charge in [0.05, 0.1) is 30.8 Å². The number of aliphatic hydroxyl groups is 3. The molecule has 0 amide bonds. The van der Waals surface area contributed by atoms with Crippen LogP contribution in [0, 0.1) is 52.3 Å². The quantitative estimate of drug-likeness (QED) is 0.278. The summed E-state index contributed by atoms with van der Waals surface area (Å²) in [5, 5.41) is 52.3. The van der Waals surface area contributed by atoms with Gasteiger partial charge in [-0.2, -0.15) is 0 Å². The van der Waals surface area contributed by atoms with Gasteiger partial charge in [-0.25, -0.2) is 0 Å². The van der Waals surface area contributed by atoms with Crippen LogP contribution in [0.1, 0.15) is 78.6 Å². The molecule has 4 saturated carbocycles. The van der Waals surface area contributed by atoms with Crippen LogP contribution in [0.3, 0.4) is 0 Å². The second-order valence-corrected chi connectivity index (χ2v) is 13.2. The molecule has 37 heavy (non-hydrogen) atoms. The van der Waals surface area contributed by atoms with Crippen molar-refractivity contribution in [1.29, 1.82) is 0 Å². The number of carboxylic acids is 2. The number of fused-ring (bicyclic) bond motifs is 5. The number of carbonyl (C=O) groups is 3. The molecular weight excluding hydrogens is 478 g/mol. The van der Waals surface area contributed by atoms with Crippen molar-refractivity contribution < 1.29 is 39.9 Å². The minimum atomic E-state index is -1.17. The van der Waals surface area contributed by atoms with Gasteiger partial charge in [0, 0.05) is 12.3 Å². The van der Waals surface area contributed by atoms with E-state index in [4.69, 9.17) is 5.73 Å². The maximum Gasteiger partial charge on any atom is 0.305 e. The molecule has 0 saturated heterocycles. The van der Waals surface area contributed by atoms with Gasteiger partial charge in [-0.1, -0.05) is 20.8 Å². The number of hydrogen-bond acceptors (Lipinski definition) is 7. The highest BCUT2D eigenvalue weighted by Crippen LogP contribution is 2.69. The summed E-state index contributed by atoms with van der Waals surface area (Å²) in [5.41, 5.74) is 4.97. The van der Waals surface area contributed by atoms with E-state index >= 15 is 0 Å². The third kappa shape index (κ3) is 4.64. The second kappa shape index (κ2) is 10.2. The fourth-order valence-corrected chi connectivity index (χ4v) is 9.76. The predicted octanol–water partition coefficient (Wildman–Crippen LogP) is 2.05. The molecular formula is C28H45NO8. The van der Waals surface area contributed by atoms with Crippen LogP contribution < -0.4 is 5.73 Å². The molecule has 0 aromatic rings. The average molecular weight is 524 g/mol. The summed E-state index contributed by atoms with van der Waals surface area (Å²) < 4.78 is 0. The third-order valence-electron chi connectivity index (χ3n) is 11.6. The zero-order valence-corrected chi connectivity index (χ0v) is 22.3. The molecule has 0 radical (unpaired) electrons. The first-order chi connectivity index (χ1) is 17.2. The highest BCUT2D eigenvalue weighted by Gasteiger charge is 2.68. The van der Waals surface area contributed by atoms with Crippen LogP contribution in [0.2, 0.25) is 0 Å². The normalized spacial score (nSPS) is 46.7. The van der Waals surface area contributed by atoms with E-state index in [0.29, 0.717) is 25.7 Å². The fraction of sp³-hybridized carbons (Fsp3) is 0.893. The number of Topliss-reactive ketones (excluding diaryl/α,β-unsaturated/α-hetero) is 1. The Kier molecular flexibility index (Phi) is 7.85. The van der Waals surface area contributed by atoms with Crippen molar-refractivity contribution in [2.75, 3.05) is 0 Å². The summed E-state index contributed by atoms with van der Waals surface area (Å²) in [7, 11) is 0. The molecule has 4 fully saturated rings. The van der Waals surface area contributed by atoms with Crippen LogP contribution in [0.25, 0.3) is 0 Å². The second-order valence-electron chi connectivity index (χ2n) is 13.2. The SMILES string of the molecule is C[C@H](CCC(=O)O)[C@H]1CC[C@H]2[C@@H]3[C@H](O)C[C@@H]4C[C@H](O)CC(C(=O)[C@@H](N)CC(=O)O)[C@]4(C)[C@H]3C[C@H](O)[C@]12C. The number of carbonyl (C=O) groups excluding carboxylic acids is 1. The fourth-order valence-electron chi connectivity index (χ4n) is 9.76. The molecule has 210 valence electrons. The number of ketones is 1. The molecule has 9 heteroatoms. The monoisotopic (exact) mass is 523 g/mol. The summed E-state index contributed by atoms with van der Waals surface area (Å²) in [5.74, 6) is -3.11. The van der Waals surface area contributed by atoms with E-state index in [1.54, 1.807) is 0 Å². The zero-order chi connectivity index (χ0) is 27.4. The van der Waals surface area contributed by atoms with E-state index in [1.165, 1.54) is 0 Å². The molecule has 1 unspecified atom stereocenters. The molecule has 4 aliphatic rings. The van der Waals surface area contributed by atoms with Crippen molar-refractivity contribution >= 4 is 17.7 Å². The Balaban J connectivity index is 1.68. The van der Waals surface area contributed by atoms with Crippen LogP contribution >= 0.6 is 0 Å². The maximum absolute atomic E-state index is 13.6. The van der Waals surface area contributed by atoms with Crippen molar-refractivity contribution in [2.24, 2.45) is 58.0 Å². The molecule has 13 atom stereocenters. The van der Waals surface area contributed by atoms with E-state index in [9.17, 15) is 39.9 Å². The molecule has 0 aliphatic heterocycles. The van der Waals surface area contributed by atoms with E-state index < -0.39 is 59.5 Å². The van der Waals surface area contributed by atoms with Gasteiger partial charge in [0.25, 0.3) is 0 Å². The lowest BCUT2D eigenvalue weighted by Gasteiger charge is -2.65. The Morgan fingerprint density at radius 3 is 2.22 bits per heavy atom. The first-order valence-electron chi connectivity index (χ1n) is 14.0. The van der Waals surface area contributed by atoms with Crippen LogP contribution in [-0.2, 0) is 14.4 Å².